The molecule has 6 nitrogen and oxygen atoms in total. The first kappa shape index (κ1) is 20.9. The average Bonchev–Trinajstić information content (AvgIpc) is 2.67. The van der Waals surface area contributed by atoms with Crippen LogP contribution in [0.4, 0.5) is 4.79 Å². The number of carbonyl (C=O) groups excluding carboxylic acids is 2. The summed E-state index contributed by atoms with van der Waals surface area (Å²) in [5.41, 5.74) is 3.31. The minimum Gasteiger partial charge on any atom is -0.394 e. The Labute approximate surface area is 171 Å². The molecular formula is C23H29N3O3. The number of rotatable bonds is 6. The van der Waals surface area contributed by atoms with E-state index in [9.17, 15) is 14.7 Å². The molecule has 1 saturated heterocycles. The molecule has 3 N–H and O–H groups in total. The summed E-state index contributed by atoms with van der Waals surface area (Å²) in [5, 5.41) is 15.5. The quantitative estimate of drug-likeness (QED) is 0.703. The summed E-state index contributed by atoms with van der Waals surface area (Å²) in [5.74, 6) is -0.134. The Bertz CT molecular complexity index is 836. The van der Waals surface area contributed by atoms with Gasteiger partial charge in [-0.05, 0) is 30.5 Å². The van der Waals surface area contributed by atoms with E-state index in [1.165, 1.54) is 6.92 Å². The van der Waals surface area contributed by atoms with Crippen molar-refractivity contribution in [1.82, 2.24) is 15.5 Å². The third-order valence-corrected chi connectivity index (χ3v) is 5.39. The van der Waals surface area contributed by atoms with Crippen molar-refractivity contribution in [1.29, 1.82) is 0 Å². The summed E-state index contributed by atoms with van der Waals surface area (Å²) in [6.07, 6.45) is 0. The van der Waals surface area contributed by atoms with Crippen molar-refractivity contribution >= 4 is 11.9 Å². The fraction of sp³-hybridized carbons (Fsp3) is 0.391. The van der Waals surface area contributed by atoms with Crippen molar-refractivity contribution in [2.24, 2.45) is 0 Å². The summed E-state index contributed by atoms with van der Waals surface area (Å²) < 4.78 is 0. The molecule has 29 heavy (non-hydrogen) atoms. The maximum atomic E-state index is 12.1. The van der Waals surface area contributed by atoms with E-state index >= 15 is 0 Å². The summed E-state index contributed by atoms with van der Waals surface area (Å²) in [4.78, 5) is 25.8. The normalized spacial score (nSPS) is 20.9. The van der Waals surface area contributed by atoms with Crippen LogP contribution in [0, 0.1) is 0 Å². The van der Waals surface area contributed by atoms with Gasteiger partial charge in [-0.1, -0.05) is 54.6 Å². The van der Waals surface area contributed by atoms with Crippen LogP contribution in [0.3, 0.4) is 0 Å². The Morgan fingerprint density at radius 1 is 1.00 bits per heavy atom. The lowest BCUT2D eigenvalue weighted by Gasteiger charge is -2.54. The summed E-state index contributed by atoms with van der Waals surface area (Å²) >= 11 is 0. The minimum atomic E-state index is -0.282. The number of benzene rings is 2. The van der Waals surface area contributed by atoms with Gasteiger partial charge in [0.2, 0.25) is 5.91 Å². The molecule has 3 rings (SSSR count). The molecule has 0 spiro atoms. The number of hydrogen-bond donors (Lipinski definition) is 3. The first-order valence-electron chi connectivity index (χ1n) is 10.0. The van der Waals surface area contributed by atoms with Gasteiger partial charge in [0.05, 0.1) is 18.7 Å². The van der Waals surface area contributed by atoms with Gasteiger partial charge in [0, 0.05) is 25.4 Å². The van der Waals surface area contributed by atoms with Gasteiger partial charge in [-0.25, -0.2) is 4.79 Å². The molecule has 1 heterocycles. The van der Waals surface area contributed by atoms with Gasteiger partial charge in [-0.2, -0.15) is 0 Å². The smallest absolute Gasteiger partial charge is 0.315 e. The first-order valence-corrected chi connectivity index (χ1v) is 10.0. The zero-order valence-corrected chi connectivity index (χ0v) is 17.1. The Morgan fingerprint density at radius 2 is 1.62 bits per heavy atom. The molecule has 0 aliphatic carbocycles. The van der Waals surface area contributed by atoms with E-state index in [4.69, 9.17) is 0 Å². The van der Waals surface area contributed by atoms with E-state index < -0.39 is 0 Å². The predicted molar refractivity (Wildman–Crippen MR) is 113 cm³/mol. The zero-order valence-electron chi connectivity index (χ0n) is 17.1. The minimum absolute atomic E-state index is 0.0341. The van der Waals surface area contributed by atoms with Gasteiger partial charge >= 0.3 is 6.03 Å². The second-order valence-electron chi connectivity index (χ2n) is 7.77. The molecule has 154 valence electrons. The lowest BCUT2D eigenvalue weighted by molar-refractivity contribution is -0.147. The van der Waals surface area contributed by atoms with Crippen molar-refractivity contribution in [3.63, 3.8) is 0 Å². The van der Waals surface area contributed by atoms with E-state index in [2.05, 4.69) is 34.9 Å². The number of amides is 3. The molecule has 1 fully saturated rings. The van der Waals surface area contributed by atoms with Crippen LogP contribution in [0.5, 0.6) is 0 Å². The van der Waals surface area contributed by atoms with E-state index in [1.807, 2.05) is 44.2 Å². The van der Waals surface area contributed by atoms with Gasteiger partial charge in [0.1, 0.15) is 0 Å². The van der Waals surface area contributed by atoms with Crippen molar-refractivity contribution in [2.45, 2.75) is 44.8 Å². The molecule has 2 aromatic rings. The highest BCUT2D eigenvalue weighted by molar-refractivity contribution is 5.77. The molecule has 0 radical (unpaired) electrons. The maximum Gasteiger partial charge on any atom is 0.315 e. The fourth-order valence-electron chi connectivity index (χ4n) is 4.12. The molecule has 2 aromatic carbocycles. The highest BCUT2D eigenvalue weighted by atomic mass is 16.3. The second-order valence-corrected chi connectivity index (χ2v) is 7.77. The Hall–Kier alpha value is -2.86. The monoisotopic (exact) mass is 395 g/mol. The van der Waals surface area contributed by atoms with E-state index in [1.54, 1.807) is 4.90 Å². The molecule has 0 aromatic heterocycles. The van der Waals surface area contributed by atoms with Gasteiger partial charge in [0.15, 0.2) is 0 Å². The van der Waals surface area contributed by atoms with Crippen molar-refractivity contribution < 1.29 is 14.7 Å². The van der Waals surface area contributed by atoms with Gasteiger partial charge in [-0.15, -0.1) is 0 Å². The summed E-state index contributed by atoms with van der Waals surface area (Å²) in [6.45, 7) is 5.51. The van der Waals surface area contributed by atoms with Crippen LogP contribution in [0.15, 0.2) is 54.6 Å². The van der Waals surface area contributed by atoms with Crippen molar-refractivity contribution in [2.75, 3.05) is 13.2 Å². The highest BCUT2D eigenvalue weighted by Gasteiger charge is 2.49. The predicted octanol–water partition coefficient (Wildman–Crippen LogP) is 2.74. The van der Waals surface area contributed by atoms with Gasteiger partial charge in [-0.3, -0.25) is 4.79 Å². The highest BCUT2D eigenvalue weighted by Crippen LogP contribution is 2.41. The number of aliphatic hydroxyl groups excluding tert-OH is 1. The Balaban J connectivity index is 1.78. The molecule has 0 bridgehead atoms. The van der Waals surface area contributed by atoms with Crippen LogP contribution < -0.4 is 10.6 Å². The number of urea groups is 1. The number of aliphatic hydroxyl groups is 1. The van der Waals surface area contributed by atoms with Crippen molar-refractivity contribution in [3.8, 4) is 11.1 Å². The topological polar surface area (TPSA) is 81.7 Å². The summed E-state index contributed by atoms with van der Waals surface area (Å²) in [6, 6.07) is 17.7. The molecular weight excluding hydrogens is 366 g/mol. The lowest BCUT2D eigenvalue weighted by atomic mass is 9.74. The zero-order chi connectivity index (χ0) is 21.0. The van der Waals surface area contributed by atoms with Crippen LogP contribution in [0.2, 0.25) is 0 Å². The maximum absolute atomic E-state index is 12.1. The van der Waals surface area contributed by atoms with E-state index in [0.717, 1.165) is 16.7 Å². The average molecular weight is 396 g/mol. The molecule has 3 amide bonds. The second kappa shape index (κ2) is 9.09. The van der Waals surface area contributed by atoms with Crippen molar-refractivity contribution in [3.05, 3.63) is 60.2 Å². The standard InChI is InChI=1S/C23H29N3O3/c1-15(2)25-23(29)24-13-20-22(21(14-27)26(20)16(3)28)19-11-9-18(10-12-19)17-7-5-4-6-8-17/h4-12,15,20-22,27H,13-14H2,1-3H3,(H2,24,25,29)/t20-,21-,22-/m1/s1. The Morgan fingerprint density at radius 3 is 2.17 bits per heavy atom. The fourth-order valence-corrected chi connectivity index (χ4v) is 4.12. The first-order chi connectivity index (χ1) is 13.9. The number of nitrogens with zero attached hydrogens (tertiary/aromatic N) is 1. The van der Waals surface area contributed by atoms with Crippen LogP contribution in [-0.4, -0.2) is 53.2 Å². The molecule has 6 heteroatoms. The van der Waals surface area contributed by atoms with Crippen LogP contribution in [0.1, 0.15) is 32.3 Å². The van der Waals surface area contributed by atoms with E-state index in [-0.39, 0.29) is 42.6 Å². The third-order valence-electron chi connectivity index (χ3n) is 5.39. The molecule has 0 saturated carbocycles. The third kappa shape index (κ3) is 4.59. The molecule has 0 unspecified atom stereocenters. The SMILES string of the molecule is CC(=O)N1[C@H](CO)[C@H](c2ccc(-c3ccccc3)cc2)[C@H]1CNC(=O)NC(C)C. The number of hydrogen-bond acceptors (Lipinski definition) is 3. The van der Waals surface area contributed by atoms with E-state index in [0.29, 0.717) is 6.54 Å². The Kier molecular flexibility index (Phi) is 6.54. The largest absolute Gasteiger partial charge is 0.394 e. The van der Waals surface area contributed by atoms with Crippen LogP contribution >= 0.6 is 0 Å². The summed E-state index contributed by atoms with van der Waals surface area (Å²) in [7, 11) is 0. The number of nitrogens with one attached hydrogen (secondary N) is 2. The van der Waals surface area contributed by atoms with Crippen LogP contribution in [-0.2, 0) is 4.79 Å². The number of likely N-dealkylation sites (tertiary alicyclic amines) is 1. The van der Waals surface area contributed by atoms with Gasteiger partial charge in [0.25, 0.3) is 0 Å². The molecule has 1 aliphatic heterocycles. The molecule has 1 aliphatic rings. The van der Waals surface area contributed by atoms with Crippen LogP contribution in [0.25, 0.3) is 11.1 Å². The van der Waals surface area contributed by atoms with Gasteiger partial charge < -0.3 is 20.6 Å². The lowest BCUT2D eigenvalue weighted by Crippen LogP contribution is -2.68. The molecule has 3 atom stereocenters. The number of carbonyl (C=O) groups is 2.